The quantitative estimate of drug-likeness (QED) is 0.331. The summed E-state index contributed by atoms with van der Waals surface area (Å²) < 4.78 is 7.17. The largest absolute Gasteiger partial charge is 0.377 e. The number of nitrogens with zero attached hydrogens (tertiary/aromatic N) is 4. The normalized spacial score (nSPS) is 19.9. The first-order valence-corrected chi connectivity index (χ1v) is 10.7. The van der Waals surface area contributed by atoms with Gasteiger partial charge < -0.3 is 15.4 Å². The lowest BCUT2D eigenvalue weighted by atomic mass is 9.64. The molecule has 0 bridgehead atoms. The van der Waals surface area contributed by atoms with Crippen molar-refractivity contribution in [2.75, 3.05) is 20.2 Å². The number of aromatic nitrogens is 3. The van der Waals surface area contributed by atoms with Gasteiger partial charge in [-0.1, -0.05) is 36.8 Å². The second-order valence-electron chi connectivity index (χ2n) is 8.13. The number of guanidine groups is 1. The van der Waals surface area contributed by atoms with Crippen LogP contribution in [0.25, 0.3) is 0 Å². The van der Waals surface area contributed by atoms with Gasteiger partial charge in [0.05, 0.1) is 13.1 Å². The summed E-state index contributed by atoms with van der Waals surface area (Å²) in [6.45, 7) is 5.06. The second-order valence-corrected chi connectivity index (χ2v) is 8.13. The van der Waals surface area contributed by atoms with Crippen LogP contribution in [0.3, 0.4) is 0 Å². The van der Waals surface area contributed by atoms with Crippen LogP contribution in [0.5, 0.6) is 0 Å². The first-order valence-electron chi connectivity index (χ1n) is 10.7. The highest BCUT2D eigenvalue weighted by Crippen LogP contribution is 2.43. The number of aliphatic imine (C=N–C) groups is 1. The third kappa shape index (κ3) is 5.14. The van der Waals surface area contributed by atoms with Crippen molar-refractivity contribution in [2.24, 2.45) is 4.99 Å². The van der Waals surface area contributed by atoms with Crippen molar-refractivity contribution >= 4 is 29.9 Å². The Balaban J connectivity index is 0.00000256. The lowest BCUT2D eigenvalue weighted by molar-refractivity contribution is 0.177. The summed E-state index contributed by atoms with van der Waals surface area (Å²) >= 11 is 0. The summed E-state index contributed by atoms with van der Waals surface area (Å²) in [5.74, 6) is 2.72. The van der Waals surface area contributed by atoms with E-state index in [1.807, 2.05) is 4.68 Å². The molecule has 4 rings (SSSR count). The predicted molar refractivity (Wildman–Crippen MR) is 129 cm³/mol. The van der Waals surface area contributed by atoms with E-state index in [1.54, 1.807) is 7.11 Å². The fourth-order valence-corrected chi connectivity index (χ4v) is 4.35. The molecule has 1 saturated carbocycles. The van der Waals surface area contributed by atoms with Crippen molar-refractivity contribution in [3.63, 3.8) is 0 Å². The predicted octanol–water partition coefficient (Wildman–Crippen LogP) is 3.03. The van der Waals surface area contributed by atoms with Crippen LogP contribution < -0.4 is 10.6 Å². The molecule has 2 aliphatic rings. The maximum Gasteiger partial charge on any atom is 0.191 e. The third-order valence-corrected chi connectivity index (χ3v) is 6.10. The molecule has 1 fully saturated rings. The Kier molecular flexibility index (Phi) is 8.10. The molecule has 1 aliphatic heterocycles. The van der Waals surface area contributed by atoms with E-state index in [-0.39, 0.29) is 29.4 Å². The van der Waals surface area contributed by atoms with Gasteiger partial charge in [-0.15, -0.1) is 24.0 Å². The van der Waals surface area contributed by atoms with E-state index in [1.165, 1.54) is 24.8 Å². The molecule has 1 atom stereocenters. The number of nitrogens with one attached hydrogen (secondary N) is 2. The minimum Gasteiger partial charge on any atom is -0.377 e. The van der Waals surface area contributed by atoms with E-state index in [4.69, 9.17) is 9.73 Å². The third-order valence-electron chi connectivity index (χ3n) is 6.10. The molecule has 1 aliphatic carbocycles. The van der Waals surface area contributed by atoms with E-state index < -0.39 is 0 Å². The number of hydrogen-bond donors (Lipinski definition) is 2. The highest BCUT2D eigenvalue weighted by molar-refractivity contribution is 14.0. The first-order chi connectivity index (χ1) is 14.2. The summed E-state index contributed by atoms with van der Waals surface area (Å²) in [6.07, 6.45) is 5.67. The Bertz CT molecular complexity index is 833. The van der Waals surface area contributed by atoms with Gasteiger partial charge in [0, 0.05) is 31.5 Å². The number of hydrogen-bond acceptors (Lipinski definition) is 4. The summed E-state index contributed by atoms with van der Waals surface area (Å²) in [6, 6.07) is 11.2. The van der Waals surface area contributed by atoms with E-state index in [9.17, 15) is 0 Å². The molecule has 0 spiro atoms. The second kappa shape index (κ2) is 10.6. The molecule has 8 heteroatoms. The fraction of sp³-hybridized carbons (Fsp3) is 0.591. The van der Waals surface area contributed by atoms with Crippen molar-refractivity contribution < 1.29 is 4.74 Å². The van der Waals surface area contributed by atoms with Gasteiger partial charge in [-0.05, 0) is 31.7 Å². The molecule has 7 nitrogen and oxygen atoms in total. The Hall–Kier alpha value is -1.68. The Morgan fingerprint density at radius 1 is 1.30 bits per heavy atom. The van der Waals surface area contributed by atoms with Gasteiger partial charge >= 0.3 is 0 Å². The van der Waals surface area contributed by atoms with E-state index in [0.717, 1.165) is 50.1 Å². The fourth-order valence-electron chi connectivity index (χ4n) is 4.35. The molecular formula is C22H33IN6O. The van der Waals surface area contributed by atoms with Gasteiger partial charge in [-0.2, -0.15) is 5.10 Å². The molecule has 0 saturated heterocycles. The minimum atomic E-state index is 0. The number of rotatable bonds is 7. The molecule has 0 radical (unpaired) electrons. The maximum atomic E-state index is 5.16. The van der Waals surface area contributed by atoms with Crippen molar-refractivity contribution in [1.29, 1.82) is 0 Å². The van der Waals surface area contributed by atoms with Gasteiger partial charge in [-0.25, -0.2) is 9.67 Å². The van der Waals surface area contributed by atoms with Crippen LogP contribution in [0, 0.1) is 0 Å². The van der Waals surface area contributed by atoms with Crippen molar-refractivity contribution in [1.82, 2.24) is 25.4 Å². The lowest BCUT2D eigenvalue weighted by Gasteiger charge is -2.41. The van der Waals surface area contributed by atoms with Crippen molar-refractivity contribution in [3.05, 3.63) is 47.5 Å². The van der Waals surface area contributed by atoms with Crippen LogP contribution in [-0.2, 0) is 29.7 Å². The molecule has 0 amide bonds. The van der Waals surface area contributed by atoms with Crippen LogP contribution in [0.15, 0.2) is 35.3 Å². The minimum absolute atomic E-state index is 0. The van der Waals surface area contributed by atoms with Crippen LogP contribution in [0.1, 0.15) is 49.8 Å². The van der Waals surface area contributed by atoms with E-state index >= 15 is 0 Å². The van der Waals surface area contributed by atoms with E-state index in [0.29, 0.717) is 12.6 Å². The highest BCUT2D eigenvalue weighted by atomic mass is 127. The number of methoxy groups -OCH3 is 1. The SMILES string of the molecule is CCNC(=NCC1(c2ccccc2)CCC1)NC1CCc2nc(COC)nn2C1.I. The smallest absolute Gasteiger partial charge is 0.191 e. The number of fused-ring (bicyclic) bond motifs is 1. The summed E-state index contributed by atoms with van der Waals surface area (Å²) in [5, 5.41) is 11.6. The zero-order chi connectivity index (χ0) is 20.1. The van der Waals surface area contributed by atoms with Gasteiger partial charge in [0.25, 0.3) is 0 Å². The highest BCUT2D eigenvalue weighted by Gasteiger charge is 2.38. The molecular weight excluding hydrogens is 491 g/mol. The molecule has 164 valence electrons. The molecule has 1 aromatic heterocycles. The molecule has 1 aromatic carbocycles. The molecule has 1 unspecified atom stereocenters. The standard InChI is InChI=1S/C22H32N6O.HI/c1-3-23-21(24-16-22(12-7-13-22)17-8-5-4-6-9-17)25-18-10-11-20-26-19(15-29-2)27-28(20)14-18;/h4-6,8-9,18H,3,7,10-16H2,1-2H3,(H2,23,24,25);1H. The number of aryl methyl sites for hydroxylation is 1. The zero-order valence-electron chi connectivity index (χ0n) is 17.9. The van der Waals surface area contributed by atoms with Crippen LogP contribution >= 0.6 is 24.0 Å². The Morgan fingerprint density at radius 3 is 2.77 bits per heavy atom. The molecule has 30 heavy (non-hydrogen) atoms. The Labute approximate surface area is 196 Å². The average molecular weight is 524 g/mol. The molecule has 2 aromatic rings. The lowest BCUT2D eigenvalue weighted by Crippen LogP contribution is -2.48. The maximum absolute atomic E-state index is 5.16. The number of halogens is 1. The van der Waals surface area contributed by atoms with Crippen LogP contribution in [0.4, 0.5) is 0 Å². The summed E-state index contributed by atoms with van der Waals surface area (Å²) in [4.78, 5) is 9.56. The number of ether oxygens (including phenoxy) is 1. The average Bonchev–Trinajstić information content (AvgIpc) is 3.10. The monoisotopic (exact) mass is 524 g/mol. The Morgan fingerprint density at radius 2 is 2.10 bits per heavy atom. The topological polar surface area (TPSA) is 76.4 Å². The number of benzene rings is 1. The zero-order valence-corrected chi connectivity index (χ0v) is 20.3. The van der Waals surface area contributed by atoms with Crippen LogP contribution in [0.2, 0.25) is 0 Å². The molecule has 2 heterocycles. The van der Waals surface area contributed by atoms with Gasteiger partial charge in [0.1, 0.15) is 12.4 Å². The van der Waals surface area contributed by atoms with Gasteiger partial charge in [0.2, 0.25) is 0 Å². The molecule has 2 N–H and O–H groups in total. The summed E-state index contributed by atoms with van der Waals surface area (Å²) in [5.41, 5.74) is 1.62. The van der Waals surface area contributed by atoms with Crippen LogP contribution in [-0.4, -0.2) is 47.0 Å². The summed E-state index contributed by atoms with van der Waals surface area (Å²) in [7, 11) is 1.67. The van der Waals surface area contributed by atoms with E-state index in [2.05, 4.69) is 58.0 Å². The van der Waals surface area contributed by atoms with Gasteiger partial charge in [-0.3, -0.25) is 4.99 Å². The van der Waals surface area contributed by atoms with Crippen molar-refractivity contribution in [2.45, 2.75) is 63.6 Å². The first kappa shape index (κ1) is 23.0. The van der Waals surface area contributed by atoms with Crippen molar-refractivity contribution in [3.8, 4) is 0 Å². The van der Waals surface area contributed by atoms with Gasteiger partial charge in [0.15, 0.2) is 11.8 Å².